The molecule has 0 saturated carbocycles. The molecule has 0 radical (unpaired) electrons. The van der Waals surface area contributed by atoms with Crippen LogP contribution in [0.5, 0.6) is 0 Å². The molecule has 5 heteroatoms. The fourth-order valence-corrected chi connectivity index (χ4v) is 4.59. The quantitative estimate of drug-likeness (QED) is 0.652. The molecule has 0 atom stereocenters. The van der Waals surface area contributed by atoms with Crippen molar-refractivity contribution in [1.29, 1.82) is 0 Å². The Morgan fingerprint density at radius 3 is 2.55 bits per heavy atom. The van der Waals surface area contributed by atoms with Crippen LogP contribution in [0.3, 0.4) is 0 Å². The van der Waals surface area contributed by atoms with Gasteiger partial charge in [0.25, 0.3) is 0 Å². The summed E-state index contributed by atoms with van der Waals surface area (Å²) in [7, 11) is 0. The zero-order valence-corrected chi connectivity index (χ0v) is 16.7. The van der Waals surface area contributed by atoms with E-state index in [9.17, 15) is 4.79 Å². The third-order valence-corrected chi connectivity index (χ3v) is 6.29. The summed E-state index contributed by atoms with van der Waals surface area (Å²) in [5, 5.41) is 6.84. The summed E-state index contributed by atoms with van der Waals surface area (Å²) >= 11 is 0. The summed E-state index contributed by atoms with van der Waals surface area (Å²) in [4.78, 5) is 14.7. The van der Waals surface area contributed by atoms with E-state index in [0.717, 1.165) is 43.7 Å². The molecule has 5 rings (SSSR count). The molecule has 0 aliphatic carbocycles. The van der Waals surface area contributed by atoms with Crippen LogP contribution in [0.25, 0.3) is 5.69 Å². The van der Waals surface area contributed by atoms with Gasteiger partial charge in [-0.1, -0.05) is 31.2 Å². The number of hydrogen-bond acceptors (Lipinski definition) is 2. The first-order valence-corrected chi connectivity index (χ1v) is 10.4. The standard InChI is InChI=1S/C24H26N4O/c1-2-18-9-11-19(12-10-18)25-23(29)27-16-13-24(14-17-27)22-8-5-15-28(22)21-7-4-3-6-20(21)26-24/h3-12,15,26H,2,13-14,16-17H2,1H3,(H,25,29). The Bertz CT molecular complexity index is 1030. The van der Waals surface area contributed by atoms with E-state index in [1.54, 1.807) is 0 Å². The third-order valence-electron chi connectivity index (χ3n) is 6.29. The van der Waals surface area contributed by atoms with Gasteiger partial charge in [0.15, 0.2) is 0 Å². The van der Waals surface area contributed by atoms with Crippen molar-refractivity contribution in [2.24, 2.45) is 0 Å². The summed E-state index contributed by atoms with van der Waals surface area (Å²) in [6.45, 7) is 3.57. The zero-order valence-electron chi connectivity index (χ0n) is 16.7. The second kappa shape index (κ2) is 6.99. The van der Waals surface area contributed by atoms with E-state index in [1.807, 2.05) is 17.0 Å². The molecule has 3 heterocycles. The Hall–Kier alpha value is -3.21. The molecule has 2 N–H and O–H groups in total. The van der Waals surface area contributed by atoms with Gasteiger partial charge >= 0.3 is 6.03 Å². The van der Waals surface area contributed by atoms with Crippen LogP contribution in [0, 0.1) is 0 Å². The zero-order chi connectivity index (χ0) is 19.8. The Kier molecular flexibility index (Phi) is 4.31. The Balaban J connectivity index is 1.31. The van der Waals surface area contributed by atoms with Gasteiger partial charge < -0.3 is 20.1 Å². The van der Waals surface area contributed by atoms with Crippen LogP contribution in [0.15, 0.2) is 66.9 Å². The molecule has 2 aliphatic rings. The van der Waals surface area contributed by atoms with Crippen molar-refractivity contribution in [3.63, 3.8) is 0 Å². The number of piperidine rings is 1. The molecule has 3 aromatic rings. The number of benzene rings is 2. The maximum atomic E-state index is 12.8. The number of nitrogens with one attached hydrogen (secondary N) is 2. The predicted molar refractivity (Wildman–Crippen MR) is 117 cm³/mol. The first-order valence-electron chi connectivity index (χ1n) is 10.4. The number of aromatic nitrogens is 1. The van der Waals surface area contributed by atoms with Crippen molar-refractivity contribution in [1.82, 2.24) is 9.47 Å². The van der Waals surface area contributed by atoms with Crippen LogP contribution < -0.4 is 10.6 Å². The van der Waals surface area contributed by atoms with E-state index in [1.165, 1.54) is 16.9 Å². The fraction of sp³-hybridized carbons (Fsp3) is 0.292. The second-order valence-electron chi connectivity index (χ2n) is 7.96. The maximum absolute atomic E-state index is 12.8. The minimum Gasteiger partial charge on any atom is -0.372 e. The number of urea groups is 1. The number of fused-ring (bicyclic) bond motifs is 4. The van der Waals surface area contributed by atoms with Gasteiger partial charge in [-0.3, -0.25) is 0 Å². The van der Waals surface area contributed by atoms with Crippen molar-refractivity contribution in [3.05, 3.63) is 78.1 Å². The molecule has 29 heavy (non-hydrogen) atoms. The number of carbonyl (C=O) groups is 1. The van der Waals surface area contributed by atoms with Crippen LogP contribution in [0.1, 0.15) is 31.0 Å². The van der Waals surface area contributed by atoms with Crippen molar-refractivity contribution >= 4 is 17.4 Å². The highest BCUT2D eigenvalue weighted by Crippen LogP contribution is 2.43. The lowest BCUT2D eigenvalue weighted by molar-refractivity contribution is 0.174. The molecule has 1 saturated heterocycles. The minimum atomic E-state index is -0.128. The highest BCUT2D eigenvalue weighted by atomic mass is 16.2. The maximum Gasteiger partial charge on any atom is 0.321 e. The largest absolute Gasteiger partial charge is 0.372 e. The number of anilines is 2. The average Bonchev–Trinajstić information content (AvgIpc) is 3.26. The number of hydrogen-bond donors (Lipinski definition) is 2. The molecular weight excluding hydrogens is 360 g/mol. The van der Waals surface area contributed by atoms with E-state index in [-0.39, 0.29) is 11.6 Å². The number of carbonyl (C=O) groups excluding carboxylic acids is 1. The fourth-order valence-electron chi connectivity index (χ4n) is 4.59. The molecule has 5 nitrogen and oxygen atoms in total. The first kappa shape index (κ1) is 17.9. The molecule has 0 unspecified atom stereocenters. The van der Waals surface area contributed by atoms with Crippen LogP contribution in [0.4, 0.5) is 16.2 Å². The van der Waals surface area contributed by atoms with Crippen molar-refractivity contribution in [2.45, 2.75) is 31.7 Å². The molecule has 2 aliphatic heterocycles. The monoisotopic (exact) mass is 386 g/mol. The van der Waals surface area contributed by atoms with Crippen molar-refractivity contribution in [2.75, 3.05) is 23.7 Å². The number of aryl methyl sites for hydroxylation is 1. The lowest BCUT2D eigenvalue weighted by Crippen LogP contribution is -2.51. The molecule has 1 spiro atoms. The second-order valence-corrected chi connectivity index (χ2v) is 7.96. The molecular formula is C24H26N4O. The van der Waals surface area contributed by atoms with Gasteiger partial charge in [-0.05, 0) is 61.2 Å². The summed E-state index contributed by atoms with van der Waals surface area (Å²) in [5.41, 5.74) is 5.63. The van der Waals surface area contributed by atoms with E-state index in [2.05, 4.69) is 76.9 Å². The Labute approximate surface area is 171 Å². The van der Waals surface area contributed by atoms with Gasteiger partial charge in [-0.15, -0.1) is 0 Å². The van der Waals surface area contributed by atoms with Gasteiger partial charge in [0.05, 0.1) is 16.9 Å². The topological polar surface area (TPSA) is 49.3 Å². The van der Waals surface area contributed by atoms with Crippen LogP contribution in [-0.2, 0) is 12.0 Å². The molecule has 0 bridgehead atoms. The molecule has 148 valence electrons. The molecule has 1 aromatic heterocycles. The molecule has 2 aromatic carbocycles. The van der Waals surface area contributed by atoms with Crippen LogP contribution in [-0.4, -0.2) is 28.6 Å². The third kappa shape index (κ3) is 3.07. The van der Waals surface area contributed by atoms with Crippen LogP contribution >= 0.6 is 0 Å². The highest BCUT2D eigenvalue weighted by molar-refractivity contribution is 5.89. The molecule has 2 amide bonds. The summed E-state index contributed by atoms with van der Waals surface area (Å²) in [6.07, 6.45) is 4.90. The number of para-hydroxylation sites is 2. The van der Waals surface area contributed by atoms with Crippen molar-refractivity contribution < 1.29 is 4.79 Å². The lowest BCUT2D eigenvalue weighted by atomic mass is 9.82. The van der Waals surface area contributed by atoms with E-state index >= 15 is 0 Å². The highest BCUT2D eigenvalue weighted by Gasteiger charge is 2.42. The lowest BCUT2D eigenvalue weighted by Gasteiger charge is -2.46. The summed E-state index contributed by atoms with van der Waals surface area (Å²) in [6, 6.07) is 20.8. The first-order chi connectivity index (χ1) is 14.2. The van der Waals surface area contributed by atoms with E-state index in [4.69, 9.17) is 0 Å². The van der Waals surface area contributed by atoms with Gasteiger partial charge in [0.2, 0.25) is 0 Å². The van der Waals surface area contributed by atoms with Gasteiger partial charge in [-0.25, -0.2) is 4.79 Å². The van der Waals surface area contributed by atoms with Crippen LogP contribution in [0.2, 0.25) is 0 Å². The minimum absolute atomic E-state index is 0.0179. The predicted octanol–water partition coefficient (Wildman–Crippen LogP) is 4.99. The van der Waals surface area contributed by atoms with Gasteiger partial charge in [0, 0.05) is 30.7 Å². The summed E-state index contributed by atoms with van der Waals surface area (Å²) < 4.78 is 2.29. The number of nitrogens with zero attached hydrogens (tertiary/aromatic N) is 2. The van der Waals surface area contributed by atoms with Gasteiger partial charge in [-0.2, -0.15) is 0 Å². The van der Waals surface area contributed by atoms with E-state index in [0.29, 0.717) is 0 Å². The number of amides is 2. The Morgan fingerprint density at radius 2 is 1.79 bits per heavy atom. The van der Waals surface area contributed by atoms with Gasteiger partial charge in [0.1, 0.15) is 0 Å². The van der Waals surface area contributed by atoms with E-state index < -0.39 is 0 Å². The molecule has 1 fully saturated rings. The normalized spacial score (nSPS) is 16.7. The summed E-state index contributed by atoms with van der Waals surface area (Å²) in [5.74, 6) is 0. The average molecular weight is 386 g/mol. The SMILES string of the molecule is CCc1ccc(NC(=O)N2CCC3(CC2)Nc2ccccc2-n2cccc23)cc1. The smallest absolute Gasteiger partial charge is 0.321 e. The van der Waals surface area contributed by atoms with Crippen molar-refractivity contribution in [3.8, 4) is 5.69 Å². The number of rotatable bonds is 2. The Morgan fingerprint density at radius 1 is 1.03 bits per heavy atom. The number of likely N-dealkylation sites (tertiary alicyclic amines) is 1.